The Hall–Kier alpha value is 0.0700. The highest BCUT2D eigenvalue weighted by molar-refractivity contribution is 7.79. The van der Waals surface area contributed by atoms with Crippen LogP contribution in [-0.4, -0.2) is 25.7 Å². The Kier molecular flexibility index (Phi) is 5.87. The van der Waals surface area contributed by atoms with E-state index in [9.17, 15) is 4.21 Å². The van der Waals surface area contributed by atoms with E-state index in [4.69, 9.17) is 9.66 Å². The molecule has 0 saturated carbocycles. The third kappa shape index (κ3) is 3.98. The van der Waals surface area contributed by atoms with Crippen molar-refractivity contribution in [2.75, 3.05) is 6.61 Å². The lowest BCUT2D eigenvalue weighted by Crippen LogP contribution is -2.15. The maximum Gasteiger partial charge on any atom is 0.156 e. The molecule has 4 heteroatoms. The van der Waals surface area contributed by atoms with Crippen LogP contribution in [0, 0.1) is 0 Å². The summed E-state index contributed by atoms with van der Waals surface area (Å²) in [6.45, 7) is 1.95. The molecule has 10 heavy (non-hydrogen) atoms. The summed E-state index contributed by atoms with van der Waals surface area (Å²) in [6, 6.07) is 0. The van der Waals surface area contributed by atoms with E-state index in [0.717, 1.165) is 6.42 Å². The molecule has 0 amide bonds. The van der Waals surface area contributed by atoms with Crippen LogP contribution in [0.4, 0.5) is 0 Å². The second kappa shape index (κ2) is 5.82. The maximum absolute atomic E-state index is 10.5. The van der Waals surface area contributed by atoms with Crippen molar-refractivity contribution in [2.45, 2.75) is 31.4 Å². The van der Waals surface area contributed by atoms with Gasteiger partial charge in [0.15, 0.2) is 11.1 Å². The number of hydrogen-bond donors (Lipinski definition) is 2. The summed E-state index contributed by atoms with van der Waals surface area (Å²) in [7, 11) is 0. The molecule has 3 nitrogen and oxygen atoms in total. The van der Waals surface area contributed by atoms with Gasteiger partial charge >= 0.3 is 0 Å². The number of aliphatic hydroxyl groups excluding tert-OH is 1. The second-order valence-electron chi connectivity index (χ2n) is 2.20. The zero-order chi connectivity index (χ0) is 7.98. The van der Waals surface area contributed by atoms with Crippen molar-refractivity contribution < 1.29 is 13.9 Å². The molecule has 0 aliphatic rings. The van der Waals surface area contributed by atoms with Gasteiger partial charge in [0.2, 0.25) is 0 Å². The summed E-state index contributed by atoms with van der Waals surface area (Å²) in [5.74, 6) is 0. The molecule has 0 spiro atoms. The molecule has 0 aromatic carbocycles. The summed E-state index contributed by atoms with van der Waals surface area (Å²) >= 11 is -1.76. The van der Waals surface area contributed by atoms with E-state index in [2.05, 4.69) is 0 Å². The lowest BCUT2D eigenvalue weighted by molar-refractivity contribution is 0.282. The van der Waals surface area contributed by atoms with Crippen molar-refractivity contribution in [1.29, 1.82) is 0 Å². The average molecular weight is 166 g/mol. The van der Waals surface area contributed by atoms with E-state index < -0.39 is 11.1 Å². The predicted octanol–water partition coefficient (Wildman–Crippen LogP) is 0.759. The van der Waals surface area contributed by atoms with Gasteiger partial charge in [-0.1, -0.05) is 13.3 Å². The van der Waals surface area contributed by atoms with E-state index in [0.29, 0.717) is 12.8 Å². The number of aliphatic hydroxyl groups is 1. The fraction of sp³-hybridized carbons (Fsp3) is 1.00. The van der Waals surface area contributed by atoms with E-state index in [1.165, 1.54) is 0 Å². The van der Waals surface area contributed by atoms with Gasteiger partial charge in [-0.15, -0.1) is 0 Å². The second-order valence-corrected chi connectivity index (χ2v) is 3.42. The van der Waals surface area contributed by atoms with Gasteiger partial charge < -0.3 is 9.66 Å². The number of hydrogen-bond acceptors (Lipinski definition) is 2. The maximum atomic E-state index is 10.5. The molecule has 0 aromatic heterocycles. The van der Waals surface area contributed by atoms with Crippen LogP contribution in [0.15, 0.2) is 0 Å². The van der Waals surface area contributed by atoms with E-state index in [1.54, 1.807) is 0 Å². The Labute approximate surface area is 63.7 Å². The highest BCUT2D eigenvalue weighted by Crippen LogP contribution is 2.06. The molecular weight excluding hydrogens is 152 g/mol. The molecule has 2 N–H and O–H groups in total. The van der Waals surface area contributed by atoms with Gasteiger partial charge in [-0.25, -0.2) is 4.21 Å². The van der Waals surface area contributed by atoms with Crippen LogP contribution >= 0.6 is 0 Å². The molecule has 0 radical (unpaired) electrons. The van der Waals surface area contributed by atoms with Crippen LogP contribution in [0.3, 0.4) is 0 Å². The topological polar surface area (TPSA) is 57.5 Å². The van der Waals surface area contributed by atoms with Crippen molar-refractivity contribution in [3.8, 4) is 0 Å². The van der Waals surface area contributed by atoms with Gasteiger partial charge in [0.05, 0.1) is 5.25 Å². The normalized spacial score (nSPS) is 16.7. The Bertz CT molecular complexity index is 99.2. The standard InChI is InChI=1S/C6H14O3S/c1-2-3-6(4-5-7)10(8)9/h6-7H,2-5H2,1H3,(H,8,9). The summed E-state index contributed by atoms with van der Waals surface area (Å²) in [6.07, 6.45) is 2.03. The van der Waals surface area contributed by atoms with Crippen LogP contribution in [-0.2, 0) is 11.1 Å². The smallest absolute Gasteiger partial charge is 0.156 e. The third-order valence-corrected chi connectivity index (χ3v) is 2.39. The first-order valence-corrected chi connectivity index (χ1v) is 4.59. The van der Waals surface area contributed by atoms with Gasteiger partial charge in [-0.3, -0.25) is 0 Å². The minimum absolute atomic E-state index is 0.00301. The minimum atomic E-state index is -1.76. The lowest BCUT2D eigenvalue weighted by atomic mass is 10.2. The SMILES string of the molecule is CCCC(CCO)S(=O)O. The molecule has 2 unspecified atom stereocenters. The fourth-order valence-corrected chi connectivity index (χ4v) is 1.56. The van der Waals surface area contributed by atoms with Crippen LogP contribution in [0.25, 0.3) is 0 Å². The largest absolute Gasteiger partial charge is 0.396 e. The highest BCUT2D eigenvalue weighted by atomic mass is 32.2. The van der Waals surface area contributed by atoms with Crippen LogP contribution in [0.2, 0.25) is 0 Å². The molecule has 0 aliphatic carbocycles. The monoisotopic (exact) mass is 166 g/mol. The van der Waals surface area contributed by atoms with E-state index >= 15 is 0 Å². The van der Waals surface area contributed by atoms with Crippen molar-refractivity contribution in [2.24, 2.45) is 0 Å². The summed E-state index contributed by atoms with van der Waals surface area (Å²) < 4.78 is 19.1. The first-order valence-electron chi connectivity index (χ1n) is 3.42. The molecule has 0 aromatic rings. The predicted molar refractivity (Wildman–Crippen MR) is 41.2 cm³/mol. The third-order valence-electron chi connectivity index (χ3n) is 1.35. The summed E-state index contributed by atoms with van der Waals surface area (Å²) in [5.41, 5.74) is 0. The average Bonchev–Trinajstić information content (AvgIpc) is 1.87. The number of rotatable bonds is 5. The van der Waals surface area contributed by atoms with Gasteiger partial charge in [0, 0.05) is 6.61 Å². The van der Waals surface area contributed by atoms with Crippen molar-refractivity contribution in [3.63, 3.8) is 0 Å². The van der Waals surface area contributed by atoms with Crippen LogP contribution in [0.1, 0.15) is 26.2 Å². The van der Waals surface area contributed by atoms with Crippen LogP contribution in [0.5, 0.6) is 0 Å². The fourth-order valence-electron chi connectivity index (χ4n) is 0.812. The zero-order valence-electron chi connectivity index (χ0n) is 6.12. The molecule has 0 rings (SSSR count). The lowest BCUT2D eigenvalue weighted by Gasteiger charge is -2.08. The Balaban J connectivity index is 3.61. The minimum Gasteiger partial charge on any atom is -0.396 e. The molecule has 2 atom stereocenters. The van der Waals surface area contributed by atoms with Gasteiger partial charge in [0.25, 0.3) is 0 Å². The molecule has 62 valence electrons. The molecule has 0 heterocycles. The van der Waals surface area contributed by atoms with Gasteiger partial charge in [-0.2, -0.15) is 0 Å². The van der Waals surface area contributed by atoms with Gasteiger partial charge in [-0.05, 0) is 12.8 Å². The highest BCUT2D eigenvalue weighted by Gasteiger charge is 2.12. The van der Waals surface area contributed by atoms with E-state index in [-0.39, 0.29) is 11.9 Å². The molecular formula is C6H14O3S. The quantitative estimate of drug-likeness (QED) is 0.593. The zero-order valence-corrected chi connectivity index (χ0v) is 6.93. The molecule has 0 bridgehead atoms. The summed E-state index contributed by atoms with van der Waals surface area (Å²) in [4.78, 5) is 0. The Morgan fingerprint density at radius 2 is 2.10 bits per heavy atom. The van der Waals surface area contributed by atoms with Crippen molar-refractivity contribution in [3.05, 3.63) is 0 Å². The van der Waals surface area contributed by atoms with Gasteiger partial charge in [0.1, 0.15) is 0 Å². The van der Waals surface area contributed by atoms with Crippen molar-refractivity contribution >= 4 is 11.1 Å². The molecule has 0 aliphatic heterocycles. The Morgan fingerprint density at radius 1 is 1.50 bits per heavy atom. The van der Waals surface area contributed by atoms with Crippen LogP contribution < -0.4 is 0 Å². The first-order chi connectivity index (χ1) is 4.72. The van der Waals surface area contributed by atoms with Crippen molar-refractivity contribution in [1.82, 2.24) is 0 Å². The first kappa shape index (κ1) is 10.1. The molecule has 0 fully saturated rings. The Morgan fingerprint density at radius 3 is 2.40 bits per heavy atom. The molecule has 0 saturated heterocycles. The van der Waals surface area contributed by atoms with E-state index in [1.807, 2.05) is 6.92 Å². The summed E-state index contributed by atoms with van der Waals surface area (Å²) in [5, 5.41) is 8.23.